The average molecular weight is 570 g/mol. The third kappa shape index (κ3) is 6.60. The van der Waals surface area contributed by atoms with E-state index >= 15 is 0 Å². The molecule has 7 nitrogen and oxygen atoms in total. The second kappa shape index (κ2) is 12.0. The van der Waals surface area contributed by atoms with E-state index in [0.717, 1.165) is 58.2 Å². The van der Waals surface area contributed by atoms with Crippen molar-refractivity contribution in [3.8, 4) is 5.69 Å². The Morgan fingerprint density at radius 2 is 1.68 bits per heavy atom. The number of nitrogens with zero attached hydrogens (tertiary/aromatic N) is 2. The van der Waals surface area contributed by atoms with Gasteiger partial charge in [0.25, 0.3) is 0 Å². The Labute approximate surface area is 246 Å². The lowest BCUT2D eigenvalue weighted by Gasteiger charge is -2.31. The minimum absolute atomic E-state index is 0.122. The molecule has 3 N–H and O–H groups in total. The molecule has 0 radical (unpaired) electrons. The smallest absolute Gasteiger partial charge is 0.317 e. The number of anilines is 2. The van der Waals surface area contributed by atoms with Crippen molar-refractivity contribution in [3.63, 3.8) is 0 Å². The number of carbonyl (C=O) groups is 2. The van der Waals surface area contributed by atoms with E-state index in [1.807, 2.05) is 80.6 Å². The predicted octanol–water partition coefficient (Wildman–Crippen LogP) is 7.46. The number of piperidine rings is 1. The summed E-state index contributed by atoms with van der Waals surface area (Å²) >= 11 is 1.53. The van der Waals surface area contributed by atoms with Crippen LogP contribution >= 0.6 is 11.3 Å². The molecule has 8 heteroatoms. The summed E-state index contributed by atoms with van der Waals surface area (Å²) in [4.78, 5) is 29.4. The van der Waals surface area contributed by atoms with Gasteiger partial charge in [-0.1, -0.05) is 56.7 Å². The quantitative estimate of drug-likeness (QED) is 0.202. The fraction of sp³-hybridized carbons (Fsp3) is 0.364. The minimum atomic E-state index is -0.380. The summed E-state index contributed by atoms with van der Waals surface area (Å²) in [5, 5.41) is 14.3. The lowest BCUT2D eigenvalue weighted by molar-refractivity contribution is 0.0920. The number of benzene rings is 2. The molecule has 1 unspecified atom stereocenters. The Morgan fingerprint density at radius 3 is 2.34 bits per heavy atom. The summed E-state index contributed by atoms with van der Waals surface area (Å²) in [6.45, 7) is 12.1. The lowest BCUT2D eigenvalue weighted by Crippen LogP contribution is -2.34. The summed E-state index contributed by atoms with van der Waals surface area (Å²) < 4.78 is 1.77. The molecule has 1 aliphatic rings. The van der Waals surface area contributed by atoms with Gasteiger partial charge in [0.05, 0.1) is 22.2 Å². The van der Waals surface area contributed by atoms with E-state index in [0.29, 0.717) is 11.5 Å². The van der Waals surface area contributed by atoms with Crippen LogP contribution in [0.15, 0.2) is 66.7 Å². The van der Waals surface area contributed by atoms with Crippen molar-refractivity contribution in [1.82, 2.24) is 15.1 Å². The number of rotatable bonds is 7. The first-order chi connectivity index (χ1) is 19.6. The number of aryl methyl sites for hydroxylation is 2. The van der Waals surface area contributed by atoms with E-state index in [-0.39, 0.29) is 29.1 Å². The van der Waals surface area contributed by atoms with Gasteiger partial charge in [0, 0.05) is 22.0 Å². The molecule has 1 atom stereocenters. The van der Waals surface area contributed by atoms with E-state index in [9.17, 15) is 9.59 Å². The maximum Gasteiger partial charge on any atom is 0.324 e. The van der Waals surface area contributed by atoms with Gasteiger partial charge < -0.3 is 10.6 Å². The molecule has 3 heterocycles. The standard InChI is InChI=1S/C33H39N5O2S/c1-21-10-13-24(14-11-21)38-29(20-28(37-38)33(3,4)5)36-32(40)35-26-9-7-6-8-25(26)30(23-16-18-34-19-17-23)31(39)27-15-12-22(2)41-27/h6-15,20,23,30,34H,16-19H2,1-5H3,(H2,35,36,40). The van der Waals surface area contributed by atoms with Crippen LogP contribution in [0.1, 0.15) is 70.9 Å². The molecule has 214 valence electrons. The Hall–Kier alpha value is -3.75. The van der Waals surface area contributed by atoms with Crippen LogP contribution in [0.3, 0.4) is 0 Å². The van der Waals surface area contributed by atoms with Gasteiger partial charge in [0.2, 0.25) is 0 Å². The summed E-state index contributed by atoms with van der Waals surface area (Å²) in [5.41, 5.74) is 4.19. The Balaban J connectivity index is 1.45. The second-order valence-electron chi connectivity index (χ2n) is 11.9. The van der Waals surface area contributed by atoms with Gasteiger partial charge in [-0.25, -0.2) is 9.48 Å². The molecule has 0 aliphatic carbocycles. The molecule has 41 heavy (non-hydrogen) atoms. The normalized spacial score (nSPS) is 15.0. The van der Waals surface area contributed by atoms with E-state index < -0.39 is 0 Å². The SMILES string of the molecule is Cc1ccc(-n2nc(C(C)(C)C)cc2NC(=O)Nc2ccccc2C(C(=O)c2ccc(C)s2)C2CCNCC2)cc1. The Bertz CT molecular complexity index is 1520. The molecule has 2 aromatic carbocycles. The van der Waals surface area contributed by atoms with Crippen LogP contribution in [-0.4, -0.2) is 34.7 Å². The summed E-state index contributed by atoms with van der Waals surface area (Å²) in [6, 6.07) is 21.2. The number of ketones is 1. The van der Waals surface area contributed by atoms with Gasteiger partial charge >= 0.3 is 6.03 Å². The molecular weight excluding hydrogens is 530 g/mol. The maximum atomic E-state index is 14.0. The second-order valence-corrected chi connectivity index (χ2v) is 13.2. The first-order valence-electron chi connectivity index (χ1n) is 14.3. The van der Waals surface area contributed by atoms with Crippen LogP contribution < -0.4 is 16.0 Å². The van der Waals surface area contributed by atoms with Crippen LogP contribution in [0.4, 0.5) is 16.3 Å². The minimum Gasteiger partial charge on any atom is -0.317 e. The number of para-hydroxylation sites is 1. The van der Waals surface area contributed by atoms with Gasteiger partial charge in [0.15, 0.2) is 5.78 Å². The van der Waals surface area contributed by atoms with Crippen molar-refractivity contribution in [1.29, 1.82) is 0 Å². The zero-order valence-electron chi connectivity index (χ0n) is 24.5. The number of hydrogen-bond donors (Lipinski definition) is 3. The average Bonchev–Trinajstić information content (AvgIpc) is 3.57. The zero-order valence-corrected chi connectivity index (χ0v) is 25.3. The molecule has 2 amide bonds. The monoisotopic (exact) mass is 569 g/mol. The molecule has 1 saturated heterocycles. The van der Waals surface area contributed by atoms with Crippen LogP contribution in [0.2, 0.25) is 0 Å². The molecule has 4 aromatic rings. The van der Waals surface area contributed by atoms with Crippen molar-refractivity contribution < 1.29 is 9.59 Å². The van der Waals surface area contributed by atoms with Gasteiger partial charge in [-0.05, 0) is 81.6 Å². The van der Waals surface area contributed by atoms with Crippen LogP contribution in [0.25, 0.3) is 5.69 Å². The highest BCUT2D eigenvalue weighted by atomic mass is 32.1. The van der Waals surface area contributed by atoms with Gasteiger partial charge in [-0.3, -0.25) is 10.1 Å². The highest BCUT2D eigenvalue weighted by Crippen LogP contribution is 2.39. The number of Topliss-reactive ketones (excluding diaryl/α,β-unsaturated/α-hetero) is 1. The number of urea groups is 1. The number of thiophene rings is 1. The third-order valence-electron chi connectivity index (χ3n) is 7.66. The molecular formula is C33H39N5O2S. The van der Waals surface area contributed by atoms with Crippen LogP contribution in [0.5, 0.6) is 0 Å². The molecule has 0 bridgehead atoms. The highest BCUT2D eigenvalue weighted by Gasteiger charge is 2.34. The largest absolute Gasteiger partial charge is 0.324 e. The summed E-state index contributed by atoms with van der Waals surface area (Å²) in [7, 11) is 0. The van der Waals surface area contributed by atoms with Crippen molar-refractivity contribution in [2.24, 2.45) is 5.92 Å². The van der Waals surface area contributed by atoms with Crippen molar-refractivity contribution in [2.75, 3.05) is 23.7 Å². The van der Waals surface area contributed by atoms with Gasteiger partial charge in [-0.2, -0.15) is 5.10 Å². The Kier molecular flexibility index (Phi) is 8.42. The predicted molar refractivity (Wildman–Crippen MR) is 168 cm³/mol. The van der Waals surface area contributed by atoms with Crippen molar-refractivity contribution >= 4 is 34.7 Å². The molecule has 5 rings (SSSR count). The topological polar surface area (TPSA) is 88.1 Å². The molecule has 1 aliphatic heterocycles. The molecule has 0 spiro atoms. The third-order valence-corrected chi connectivity index (χ3v) is 8.68. The van der Waals surface area contributed by atoms with E-state index in [2.05, 4.69) is 36.7 Å². The van der Waals surface area contributed by atoms with E-state index in [1.165, 1.54) is 11.3 Å². The molecule has 1 fully saturated rings. The lowest BCUT2D eigenvalue weighted by atomic mass is 9.77. The highest BCUT2D eigenvalue weighted by molar-refractivity contribution is 7.14. The summed E-state index contributed by atoms with van der Waals surface area (Å²) in [6.07, 6.45) is 1.82. The van der Waals surface area contributed by atoms with Gasteiger partial charge in [-0.15, -0.1) is 11.3 Å². The number of aromatic nitrogens is 2. The first-order valence-corrected chi connectivity index (χ1v) is 15.1. The van der Waals surface area contributed by atoms with Crippen LogP contribution in [-0.2, 0) is 5.41 Å². The Morgan fingerprint density at radius 1 is 0.976 bits per heavy atom. The van der Waals surface area contributed by atoms with Crippen molar-refractivity contribution in [2.45, 2.75) is 58.8 Å². The van der Waals surface area contributed by atoms with Crippen LogP contribution in [0, 0.1) is 19.8 Å². The summed E-state index contributed by atoms with van der Waals surface area (Å²) in [5.74, 6) is 0.553. The fourth-order valence-electron chi connectivity index (χ4n) is 5.38. The molecule has 2 aromatic heterocycles. The first kappa shape index (κ1) is 28.8. The fourth-order valence-corrected chi connectivity index (χ4v) is 6.23. The number of hydrogen-bond acceptors (Lipinski definition) is 5. The number of carbonyl (C=O) groups excluding carboxylic acids is 2. The van der Waals surface area contributed by atoms with Crippen molar-refractivity contribution in [3.05, 3.63) is 93.3 Å². The van der Waals surface area contributed by atoms with Gasteiger partial charge in [0.1, 0.15) is 5.82 Å². The van der Waals surface area contributed by atoms with E-state index in [1.54, 1.807) is 4.68 Å². The maximum absolute atomic E-state index is 14.0. The van der Waals surface area contributed by atoms with E-state index in [4.69, 9.17) is 5.10 Å². The number of nitrogens with one attached hydrogen (secondary N) is 3. The molecule has 0 saturated carbocycles. The number of amides is 2. The zero-order chi connectivity index (χ0) is 29.1.